The number of ether oxygens (including phenoxy) is 1. The fourth-order valence-corrected chi connectivity index (χ4v) is 1.61. The maximum Gasteiger partial charge on any atom is 0.573 e. The lowest BCUT2D eigenvalue weighted by Crippen LogP contribution is -2.17. The summed E-state index contributed by atoms with van der Waals surface area (Å²) in [5, 5.41) is 8.93. The first kappa shape index (κ1) is 12.9. The lowest BCUT2D eigenvalue weighted by molar-refractivity contribution is -0.274. The number of aromatic nitrogens is 1. The number of hydrogen-bond donors (Lipinski definition) is 0. The molecule has 3 nitrogen and oxygen atoms in total. The van der Waals surface area contributed by atoms with E-state index in [0.29, 0.717) is 5.56 Å². The van der Waals surface area contributed by atoms with Gasteiger partial charge in [-0.2, -0.15) is 5.26 Å². The maximum absolute atomic E-state index is 12.3. The summed E-state index contributed by atoms with van der Waals surface area (Å²) in [6.45, 7) is 0. The number of nitriles is 1. The van der Waals surface area contributed by atoms with Gasteiger partial charge in [-0.3, -0.25) is 0 Å². The van der Waals surface area contributed by atoms with Gasteiger partial charge in [0.05, 0.1) is 0 Å². The minimum Gasteiger partial charge on any atom is -0.405 e. The Labute approximate surface area is 106 Å². The van der Waals surface area contributed by atoms with Crippen LogP contribution in [0.2, 0.25) is 0 Å². The van der Waals surface area contributed by atoms with Gasteiger partial charge in [-0.05, 0) is 18.2 Å². The van der Waals surface area contributed by atoms with E-state index >= 15 is 0 Å². The monoisotopic (exact) mass is 264 g/mol. The van der Waals surface area contributed by atoms with Crippen LogP contribution in [0.15, 0.2) is 42.6 Å². The molecule has 19 heavy (non-hydrogen) atoms. The van der Waals surface area contributed by atoms with Crippen LogP contribution >= 0.6 is 0 Å². The highest BCUT2D eigenvalue weighted by Gasteiger charge is 2.32. The summed E-state index contributed by atoms with van der Waals surface area (Å²) < 4.78 is 40.9. The Balaban J connectivity index is 2.54. The fourth-order valence-electron chi connectivity index (χ4n) is 1.61. The largest absolute Gasteiger partial charge is 0.573 e. The Morgan fingerprint density at radius 1 is 1.05 bits per heavy atom. The quantitative estimate of drug-likeness (QED) is 0.833. The molecule has 0 saturated heterocycles. The van der Waals surface area contributed by atoms with E-state index in [1.165, 1.54) is 30.5 Å². The minimum absolute atomic E-state index is 0.0423. The van der Waals surface area contributed by atoms with Gasteiger partial charge >= 0.3 is 6.36 Å². The molecule has 0 radical (unpaired) electrons. The third-order valence-electron chi connectivity index (χ3n) is 2.32. The molecule has 0 aliphatic carbocycles. The molecule has 0 spiro atoms. The van der Waals surface area contributed by atoms with Crippen LogP contribution in [-0.2, 0) is 0 Å². The molecule has 0 amide bonds. The fraction of sp³-hybridized carbons (Fsp3) is 0.0769. The van der Waals surface area contributed by atoms with Gasteiger partial charge in [-0.1, -0.05) is 18.2 Å². The van der Waals surface area contributed by atoms with Gasteiger partial charge in [0.2, 0.25) is 0 Å². The summed E-state index contributed by atoms with van der Waals surface area (Å²) in [5.74, 6) is -0.362. The molecule has 0 atom stereocenters. The van der Waals surface area contributed by atoms with E-state index in [9.17, 15) is 13.2 Å². The van der Waals surface area contributed by atoms with Crippen molar-refractivity contribution >= 4 is 0 Å². The van der Waals surface area contributed by atoms with E-state index < -0.39 is 6.36 Å². The van der Waals surface area contributed by atoms with Gasteiger partial charge in [0.25, 0.3) is 0 Å². The van der Waals surface area contributed by atoms with E-state index in [2.05, 4.69) is 9.72 Å². The van der Waals surface area contributed by atoms with Crippen molar-refractivity contribution in [1.82, 2.24) is 4.98 Å². The Kier molecular flexibility index (Phi) is 3.38. The topological polar surface area (TPSA) is 45.9 Å². The average molecular weight is 264 g/mol. The van der Waals surface area contributed by atoms with Gasteiger partial charge in [0, 0.05) is 17.3 Å². The number of alkyl halides is 3. The summed E-state index contributed by atoms with van der Waals surface area (Å²) in [6, 6.07) is 10.5. The van der Waals surface area contributed by atoms with Crippen LogP contribution in [0, 0.1) is 11.3 Å². The number of rotatable bonds is 2. The highest BCUT2D eigenvalue weighted by Crippen LogP contribution is 2.34. The Morgan fingerprint density at radius 3 is 2.42 bits per heavy atom. The van der Waals surface area contributed by atoms with Crippen LogP contribution in [0.3, 0.4) is 0 Å². The number of benzene rings is 1. The number of nitrogens with zero attached hydrogens (tertiary/aromatic N) is 2. The van der Waals surface area contributed by atoms with Crippen molar-refractivity contribution < 1.29 is 17.9 Å². The van der Waals surface area contributed by atoms with Gasteiger partial charge < -0.3 is 4.74 Å². The third kappa shape index (κ3) is 3.01. The molecule has 2 rings (SSSR count). The molecule has 0 unspecified atom stereocenters. The Bertz CT molecular complexity index is 632. The molecule has 0 N–H and O–H groups in total. The summed E-state index contributed by atoms with van der Waals surface area (Å²) in [4.78, 5) is 3.81. The van der Waals surface area contributed by atoms with Crippen molar-refractivity contribution in [2.45, 2.75) is 6.36 Å². The first-order valence-corrected chi connectivity index (χ1v) is 5.21. The first-order valence-electron chi connectivity index (χ1n) is 5.21. The lowest BCUT2D eigenvalue weighted by atomic mass is 10.0. The van der Waals surface area contributed by atoms with Crippen LogP contribution in [0.5, 0.6) is 5.75 Å². The van der Waals surface area contributed by atoms with Gasteiger partial charge in [-0.15, -0.1) is 13.2 Å². The van der Waals surface area contributed by atoms with E-state index in [0.717, 1.165) is 0 Å². The van der Waals surface area contributed by atoms with Crippen molar-refractivity contribution in [3.05, 3.63) is 48.3 Å². The summed E-state index contributed by atoms with van der Waals surface area (Å²) >= 11 is 0. The van der Waals surface area contributed by atoms with Crippen LogP contribution in [0.25, 0.3) is 11.1 Å². The number of pyridine rings is 1. The molecule has 6 heteroatoms. The molecule has 96 valence electrons. The second kappa shape index (κ2) is 4.98. The molecule has 2 aromatic rings. The van der Waals surface area contributed by atoms with E-state index in [1.807, 2.05) is 6.07 Å². The molecule has 1 aromatic carbocycles. The highest BCUT2D eigenvalue weighted by molar-refractivity contribution is 5.74. The van der Waals surface area contributed by atoms with Crippen LogP contribution in [-0.4, -0.2) is 11.3 Å². The Hall–Kier alpha value is -2.55. The van der Waals surface area contributed by atoms with Gasteiger partial charge in [0.15, 0.2) is 0 Å². The van der Waals surface area contributed by atoms with Crippen molar-refractivity contribution in [3.63, 3.8) is 0 Å². The van der Waals surface area contributed by atoms with E-state index in [-0.39, 0.29) is 17.0 Å². The molecule has 0 aliphatic rings. The summed E-state index contributed by atoms with van der Waals surface area (Å²) in [6.07, 6.45) is -3.39. The normalized spacial score (nSPS) is 10.8. The van der Waals surface area contributed by atoms with E-state index in [1.54, 1.807) is 12.1 Å². The van der Waals surface area contributed by atoms with Crippen molar-refractivity contribution in [2.24, 2.45) is 0 Å². The second-order valence-electron chi connectivity index (χ2n) is 3.56. The van der Waals surface area contributed by atoms with Crippen LogP contribution in [0.4, 0.5) is 13.2 Å². The molecule has 0 aliphatic heterocycles. The van der Waals surface area contributed by atoms with Crippen LogP contribution < -0.4 is 4.74 Å². The van der Waals surface area contributed by atoms with Gasteiger partial charge in [0.1, 0.15) is 17.5 Å². The van der Waals surface area contributed by atoms with Crippen molar-refractivity contribution in [1.29, 1.82) is 5.26 Å². The second-order valence-corrected chi connectivity index (χ2v) is 3.56. The molecule has 0 saturated carbocycles. The van der Waals surface area contributed by atoms with E-state index in [4.69, 9.17) is 5.26 Å². The van der Waals surface area contributed by atoms with Crippen molar-refractivity contribution in [3.8, 4) is 22.9 Å². The number of hydrogen-bond acceptors (Lipinski definition) is 3. The third-order valence-corrected chi connectivity index (χ3v) is 2.32. The van der Waals surface area contributed by atoms with Crippen LogP contribution in [0.1, 0.15) is 5.69 Å². The zero-order valence-corrected chi connectivity index (χ0v) is 9.48. The van der Waals surface area contributed by atoms with Gasteiger partial charge in [-0.25, -0.2) is 4.98 Å². The zero-order chi connectivity index (χ0) is 13.9. The first-order chi connectivity index (χ1) is 9.01. The predicted octanol–water partition coefficient (Wildman–Crippen LogP) is 3.52. The predicted molar refractivity (Wildman–Crippen MR) is 61.1 cm³/mol. The lowest BCUT2D eigenvalue weighted by Gasteiger charge is -2.13. The molecular weight excluding hydrogens is 257 g/mol. The maximum atomic E-state index is 12.3. The van der Waals surface area contributed by atoms with Crippen molar-refractivity contribution in [2.75, 3.05) is 0 Å². The SMILES string of the molecule is N#Cc1ncccc1-c1ccccc1OC(F)(F)F. The number of para-hydroxylation sites is 1. The molecule has 0 fully saturated rings. The Morgan fingerprint density at radius 2 is 1.74 bits per heavy atom. The molecular formula is C13H7F3N2O. The highest BCUT2D eigenvalue weighted by atomic mass is 19.4. The average Bonchev–Trinajstić information content (AvgIpc) is 2.37. The summed E-state index contributed by atoms with van der Waals surface area (Å²) in [5.41, 5.74) is 0.509. The standard InChI is InChI=1S/C13H7F3N2O/c14-13(15,16)19-12-6-2-1-4-10(12)9-5-3-7-18-11(9)8-17/h1-7H. The zero-order valence-electron chi connectivity index (χ0n) is 9.48. The molecule has 1 aromatic heterocycles. The minimum atomic E-state index is -4.79. The number of halogens is 3. The molecule has 1 heterocycles. The summed E-state index contributed by atoms with van der Waals surface area (Å²) in [7, 11) is 0. The molecule has 0 bridgehead atoms. The smallest absolute Gasteiger partial charge is 0.405 e.